The second-order valence-electron chi connectivity index (χ2n) is 5.21. The van der Waals surface area contributed by atoms with Gasteiger partial charge in [-0.3, -0.25) is 0 Å². The Morgan fingerprint density at radius 1 is 1.50 bits per heavy atom. The molecule has 0 aliphatic carbocycles. The van der Waals surface area contributed by atoms with Gasteiger partial charge in [-0.25, -0.2) is 13.2 Å². The maximum atomic E-state index is 12.8. The summed E-state index contributed by atoms with van der Waals surface area (Å²) in [6.45, 7) is 1.64. The molecule has 1 fully saturated rings. The zero-order chi connectivity index (χ0) is 16.3. The van der Waals surface area contributed by atoms with Crippen LogP contribution in [0.1, 0.15) is 16.8 Å². The lowest BCUT2D eigenvalue weighted by Crippen LogP contribution is -2.31. The Balaban J connectivity index is 2.36. The first-order chi connectivity index (χ1) is 10.4. The number of sulfonamides is 1. The number of nitrogens with one attached hydrogen (secondary N) is 1. The zero-order valence-electron chi connectivity index (χ0n) is 12.5. The summed E-state index contributed by atoms with van der Waals surface area (Å²) in [6, 6.07) is 4.14. The monoisotopic (exact) mass is 346 g/mol. The first-order valence-corrected chi connectivity index (χ1v) is 8.74. The van der Waals surface area contributed by atoms with E-state index in [1.54, 1.807) is 0 Å². The average molecular weight is 347 g/mol. The Morgan fingerprint density at radius 2 is 2.23 bits per heavy atom. The smallest absolute Gasteiger partial charge is 0.339 e. The van der Waals surface area contributed by atoms with Crippen LogP contribution < -0.4 is 5.32 Å². The minimum atomic E-state index is -3.75. The van der Waals surface area contributed by atoms with E-state index in [-0.39, 0.29) is 21.4 Å². The molecule has 0 radical (unpaired) electrons. The van der Waals surface area contributed by atoms with Crippen molar-refractivity contribution in [2.45, 2.75) is 11.3 Å². The summed E-state index contributed by atoms with van der Waals surface area (Å²) < 4.78 is 31.6. The van der Waals surface area contributed by atoms with Crippen LogP contribution in [0.3, 0.4) is 0 Å². The average Bonchev–Trinajstić information content (AvgIpc) is 2.96. The van der Waals surface area contributed by atoms with Gasteiger partial charge in [0.2, 0.25) is 10.0 Å². The molecule has 0 spiro atoms. The van der Waals surface area contributed by atoms with E-state index in [4.69, 9.17) is 11.6 Å². The van der Waals surface area contributed by atoms with Crippen molar-refractivity contribution in [3.8, 4) is 0 Å². The molecule has 22 heavy (non-hydrogen) atoms. The highest BCUT2D eigenvalue weighted by Crippen LogP contribution is 2.28. The molecule has 1 heterocycles. The number of rotatable bonds is 5. The van der Waals surface area contributed by atoms with Crippen molar-refractivity contribution in [3.63, 3.8) is 0 Å². The number of benzene rings is 1. The Morgan fingerprint density at radius 3 is 2.86 bits per heavy atom. The number of ether oxygens (including phenoxy) is 1. The molecule has 1 atom stereocenters. The van der Waals surface area contributed by atoms with E-state index in [2.05, 4.69) is 10.1 Å². The van der Waals surface area contributed by atoms with Crippen molar-refractivity contribution in [2.24, 2.45) is 5.92 Å². The quantitative estimate of drug-likeness (QED) is 0.815. The molecule has 2 rings (SSSR count). The molecule has 0 aromatic heterocycles. The standard InChI is InChI=1S/C14H19ClN2O4S/c1-16-8-10-5-6-17(9-10)22(19,20)13-4-3-11(15)7-12(13)14(18)21-2/h3-4,7,10,16H,5-6,8-9H2,1-2H3. The van der Waals surface area contributed by atoms with E-state index in [1.807, 2.05) is 7.05 Å². The summed E-state index contributed by atoms with van der Waals surface area (Å²) in [5, 5.41) is 3.34. The third-order valence-corrected chi connectivity index (χ3v) is 5.86. The van der Waals surface area contributed by atoms with Crippen LogP contribution in [0.2, 0.25) is 5.02 Å². The van der Waals surface area contributed by atoms with Gasteiger partial charge < -0.3 is 10.1 Å². The van der Waals surface area contributed by atoms with Gasteiger partial charge in [0.25, 0.3) is 0 Å². The van der Waals surface area contributed by atoms with Gasteiger partial charge in [-0.05, 0) is 44.1 Å². The molecule has 1 saturated heterocycles. The SMILES string of the molecule is CNCC1CCN(S(=O)(=O)c2ccc(Cl)cc2C(=O)OC)C1. The number of hydrogen-bond acceptors (Lipinski definition) is 5. The molecule has 6 nitrogen and oxygen atoms in total. The molecule has 8 heteroatoms. The van der Waals surface area contributed by atoms with Gasteiger partial charge in [-0.1, -0.05) is 11.6 Å². The Bertz CT molecular complexity index is 663. The van der Waals surface area contributed by atoms with Crippen LogP contribution in [0.5, 0.6) is 0 Å². The van der Waals surface area contributed by atoms with Gasteiger partial charge in [0.05, 0.1) is 17.6 Å². The van der Waals surface area contributed by atoms with Crippen molar-refractivity contribution < 1.29 is 17.9 Å². The molecule has 1 aliphatic rings. The van der Waals surface area contributed by atoms with Crippen LogP contribution >= 0.6 is 11.6 Å². The highest BCUT2D eigenvalue weighted by atomic mass is 35.5. The molecule has 0 saturated carbocycles. The molecular formula is C14H19ClN2O4S. The topological polar surface area (TPSA) is 75.7 Å². The maximum absolute atomic E-state index is 12.8. The van der Waals surface area contributed by atoms with Gasteiger partial charge in [-0.2, -0.15) is 4.31 Å². The molecule has 1 unspecified atom stereocenters. The normalized spacial score (nSPS) is 19.3. The van der Waals surface area contributed by atoms with Crippen molar-refractivity contribution in [3.05, 3.63) is 28.8 Å². The molecule has 0 amide bonds. The van der Waals surface area contributed by atoms with Crippen molar-refractivity contribution in [1.29, 1.82) is 0 Å². The number of carbonyl (C=O) groups is 1. The van der Waals surface area contributed by atoms with E-state index in [0.29, 0.717) is 13.1 Å². The van der Waals surface area contributed by atoms with Crippen LogP contribution in [0, 0.1) is 5.92 Å². The lowest BCUT2D eigenvalue weighted by molar-refractivity contribution is 0.0596. The van der Waals surface area contributed by atoms with E-state index in [1.165, 1.54) is 29.6 Å². The van der Waals surface area contributed by atoms with Crippen LogP contribution in [-0.4, -0.2) is 52.5 Å². The summed E-state index contributed by atoms with van der Waals surface area (Å²) in [7, 11) is -0.701. The number of hydrogen-bond donors (Lipinski definition) is 1. The van der Waals surface area contributed by atoms with Crippen molar-refractivity contribution >= 4 is 27.6 Å². The second-order valence-corrected chi connectivity index (χ2v) is 7.55. The largest absolute Gasteiger partial charge is 0.465 e. The van der Waals surface area contributed by atoms with E-state index in [9.17, 15) is 13.2 Å². The highest BCUT2D eigenvalue weighted by molar-refractivity contribution is 7.89. The minimum Gasteiger partial charge on any atom is -0.465 e. The predicted octanol–water partition coefficient (Wildman–Crippen LogP) is 1.36. The highest BCUT2D eigenvalue weighted by Gasteiger charge is 2.34. The Hall–Kier alpha value is -1.15. The van der Waals surface area contributed by atoms with E-state index >= 15 is 0 Å². The summed E-state index contributed by atoms with van der Waals surface area (Å²) in [5.74, 6) is -0.444. The number of carbonyl (C=O) groups excluding carboxylic acids is 1. The van der Waals surface area contributed by atoms with Gasteiger partial charge in [-0.15, -0.1) is 0 Å². The van der Waals surface area contributed by atoms with Crippen LogP contribution in [0.25, 0.3) is 0 Å². The van der Waals surface area contributed by atoms with Gasteiger partial charge >= 0.3 is 5.97 Å². The van der Waals surface area contributed by atoms with Crippen molar-refractivity contribution in [1.82, 2.24) is 9.62 Å². The van der Waals surface area contributed by atoms with Crippen molar-refractivity contribution in [2.75, 3.05) is 33.8 Å². The predicted molar refractivity (Wildman–Crippen MR) is 83.6 cm³/mol. The van der Waals surface area contributed by atoms with Gasteiger partial charge in [0.1, 0.15) is 0 Å². The number of methoxy groups -OCH3 is 1. The minimum absolute atomic E-state index is 0.0351. The molecule has 1 N–H and O–H groups in total. The first kappa shape index (κ1) is 17.2. The lowest BCUT2D eigenvalue weighted by Gasteiger charge is -2.18. The second kappa shape index (κ2) is 6.95. The number of nitrogens with zero attached hydrogens (tertiary/aromatic N) is 1. The lowest BCUT2D eigenvalue weighted by atomic mass is 10.1. The fourth-order valence-corrected chi connectivity index (χ4v) is 4.47. The van der Waals surface area contributed by atoms with Gasteiger partial charge in [0.15, 0.2) is 0 Å². The maximum Gasteiger partial charge on any atom is 0.339 e. The van der Waals surface area contributed by atoms with E-state index in [0.717, 1.165) is 13.0 Å². The number of halogens is 1. The third kappa shape index (κ3) is 3.43. The third-order valence-electron chi connectivity index (χ3n) is 3.71. The fraction of sp³-hybridized carbons (Fsp3) is 0.500. The van der Waals surface area contributed by atoms with E-state index < -0.39 is 16.0 Å². The summed E-state index contributed by atoms with van der Waals surface area (Å²) >= 11 is 5.87. The molecular weight excluding hydrogens is 328 g/mol. The van der Waals surface area contributed by atoms with Crippen LogP contribution in [0.15, 0.2) is 23.1 Å². The Kier molecular flexibility index (Phi) is 5.44. The van der Waals surface area contributed by atoms with Crippen LogP contribution in [0.4, 0.5) is 0 Å². The summed E-state index contributed by atoms with van der Waals surface area (Å²) in [5.41, 5.74) is -0.0351. The molecule has 0 bridgehead atoms. The Labute approximate surface area is 135 Å². The molecule has 122 valence electrons. The molecule has 1 aliphatic heterocycles. The summed E-state index contributed by atoms with van der Waals surface area (Å²) in [4.78, 5) is 11.8. The zero-order valence-corrected chi connectivity index (χ0v) is 14.1. The van der Waals surface area contributed by atoms with Crippen LogP contribution in [-0.2, 0) is 14.8 Å². The first-order valence-electron chi connectivity index (χ1n) is 6.92. The molecule has 1 aromatic carbocycles. The number of esters is 1. The molecule has 1 aromatic rings. The summed E-state index contributed by atoms with van der Waals surface area (Å²) in [6.07, 6.45) is 0.793. The fourth-order valence-electron chi connectivity index (χ4n) is 2.61. The van der Waals surface area contributed by atoms with Gasteiger partial charge in [0, 0.05) is 18.1 Å².